The number of aryl methyl sites for hydroxylation is 1. The Labute approximate surface area is 149 Å². The molecule has 0 saturated carbocycles. The standard InChI is InChI=1S/C23H22N2/c1-3-9-19(10-4-1)18-25(23-13-5-2-6-14-23)24-22-16-15-20-11-7-8-12-21(20)17-22/h1-14H,15-18H2. The molecule has 4 rings (SSSR count). The Balaban J connectivity index is 1.62. The summed E-state index contributed by atoms with van der Waals surface area (Å²) >= 11 is 0. The SMILES string of the molecule is c1ccc(CN(N=C2CCc3ccccc3C2)c2ccccc2)cc1. The fourth-order valence-electron chi connectivity index (χ4n) is 3.36. The van der Waals surface area contributed by atoms with Gasteiger partial charge >= 0.3 is 0 Å². The highest BCUT2D eigenvalue weighted by Crippen LogP contribution is 2.22. The zero-order chi connectivity index (χ0) is 16.9. The van der Waals surface area contributed by atoms with Crippen molar-refractivity contribution in [3.05, 3.63) is 102 Å². The molecule has 124 valence electrons. The molecule has 25 heavy (non-hydrogen) atoms. The summed E-state index contributed by atoms with van der Waals surface area (Å²) in [6.07, 6.45) is 3.08. The van der Waals surface area contributed by atoms with E-state index in [9.17, 15) is 0 Å². The van der Waals surface area contributed by atoms with Crippen LogP contribution in [0.3, 0.4) is 0 Å². The molecule has 2 heteroatoms. The first-order valence-electron chi connectivity index (χ1n) is 8.88. The van der Waals surface area contributed by atoms with Gasteiger partial charge in [0.1, 0.15) is 0 Å². The minimum Gasteiger partial charge on any atom is -0.261 e. The minimum atomic E-state index is 0.788. The third-order valence-electron chi connectivity index (χ3n) is 4.69. The molecule has 1 aliphatic rings. The molecule has 0 atom stereocenters. The van der Waals surface area contributed by atoms with Gasteiger partial charge in [-0.05, 0) is 41.7 Å². The van der Waals surface area contributed by atoms with Crippen LogP contribution >= 0.6 is 0 Å². The van der Waals surface area contributed by atoms with Crippen LogP contribution in [-0.2, 0) is 19.4 Å². The van der Waals surface area contributed by atoms with Crippen molar-refractivity contribution < 1.29 is 0 Å². The quantitative estimate of drug-likeness (QED) is 0.599. The van der Waals surface area contributed by atoms with Crippen LogP contribution in [0.15, 0.2) is 90.0 Å². The summed E-state index contributed by atoms with van der Waals surface area (Å²) in [5, 5.41) is 7.19. The highest BCUT2D eigenvalue weighted by Gasteiger charge is 2.15. The Bertz CT molecular complexity index is 854. The van der Waals surface area contributed by atoms with Gasteiger partial charge in [0.2, 0.25) is 0 Å². The zero-order valence-corrected chi connectivity index (χ0v) is 14.3. The molecule has 0 fully saturated rings. The third kappa shape index (κ3) is 3.80. The summed E-state index contributed by atoms with van der Waals surface area (Å²) < 4.78 is 0. The maximum atomic E-state index is 5.05. The number of benzene rings is 3. The highest BCUT2D eigenvalue weighted by atomic mass is 15.5. The van der Waals surface area contributed by atoms with E-state index < -0.39 is 0 Å². The Kier molecular flexibility index (Phi) is 4.60. The van der Waals surface area contributed by atoms with E-state index >= 15 is 0 Å². The van der Waals surface area contributed by atoms with Gasteiger partial charge in [-0.1, -0.05) is 72.8 Å². The van der Waals surface area contributed by atoms with E-state index in [1.807, 2.05) is 6.07 Å². The van der Waals surface area contributed by atoms with Crippen LogP contribution in [0.5, 0.6) is 0 Å². The van der Waals surface area contributed by atoms with Crippen LogP contribution in [0, 0.1) is 0 Å². The fraction of sp³-hybridized carbons (Fsp3) is 0.174. The van der Waals surface area contributed by atoms with Gasteiger partial charge in [-0.2, -0.15) is 5.10 Å². The van der Waals surface area contributed by atoms with E-state index in [1.165, 1.54) is 22.4 Å². The first-order valence-corrected chi connectivity index (χ1v) is 8.88. The van der Waals surface area contributed by atoms with E-state index in [-0.39, 0.29) is 0 Å². The van der Waals surface area contributed by atoms with Crippen molar-refractivity contribution >= 4 is 11.4 Å². The largest absolute Gasteiger partial charge is 0.261 e. The van der Waals surface area contributed by atoms with Gasteiger partial charge in [-0.3, -0.25) is 5.01 Å². The van der Waals surface area contributed by atoms with Crippen LogP contribution in [0.4, 0.5) is 5.69 Å². The highest BCUT2D eigenvalue weighted by molar-refractivity contribution is 5.89. The molecule has 0 aliphatic heterocycles. The van der Waals surface area contributed by atoms with Gasteiger partial charge in [0.25, 0.3) is 0 Å². The van der Waals surface area contributed by atoms with E-state index in [0.29, 0.717) is 0 Å². The van der Waals surface area contributed by atoms with Crippen LogP contribution < -0.4 is 5.01 Å². The second-order valence-electron chi connectivity index (χ2n) is 6.49. The molecule has 0 spiro atoms. The lowest BCUT2D eigenvalue weighted by molar-refractivity contribution is 0.830. The molecule has 0 bridgehead atoms. The lowest BCUT2D eigenvalue weighted by Gasteiger charge is -2.24. The normalized spacial score (nSPS) is 15.0. The summed E-state index contributed by atoms with van der Waals surface area (Å²) in [7, 11) is 0. The number of nitrogens with zero attached hydrogens (tertiary/aromatic N) is 2. The predicted octanol–water partition coefficient (Wildman–Crippen LogP) is 5.24. The number of hydrogen-bond acceptors (Lipinski definition) is 2. The van der Waals surface area contributed by atoms with E-state index in [2.05, 4.69) is 83.9 Å². The van der Waals surface area contributed by atoms with Crippen molar-refractivity contribution in [2.45, 2.75) is 25.8 Å². The maximum absolute atomic E-state index is 5.05. The molecule has 0 heterocycles. The number of hydrazone groups is 1. The zero-order valence-electron chi connectivity index (χ0n) is 14.3. The van der Waals surface area contributed by atoms with Crippen LogP contribution in [0.2, 0.25) is 0 Å². The lowest BCUT2D eigenvalue weighted by atomic mass is 9.90. The molecular formula is C23H22N2. The summed E-state index contributed by atoms with van der Waals surface area (Å²) in [5.74, 6) is 0. The van der Waals surface area contributed by atoms with Gasteiger partial charge < -0.3 is 0 Å². The molecule has 0 N–H and O–H groups in total. The summed E-state index contributed by atoms with van der Waals surface area (Å²) in [6, 6.07) is 29.7. The van der Waals surface area contributed by atoms with Crippen LogP contribution in [-0.4, -0.2) is 5.71 Å². The van der Waals surface area contributed by atoms with E-state index in [1.54, 1.807) is 0 Å². The Morgan fingerprint density at radius 2 is 1.32 bits per heavy atom. The maximum Gasteiger partial charge on any atom is 0.0666 e. The van der Waals surface area contributed by atoms with Crippen molar-refractivity contribution in [1.29, 1.82) is 0 Å². The predicted molar refractivity (Wildman–Crippen MR) is 105 cm³/mol. The molecule has 3 aromatic carbocycles. The topological polar surface area (TPSA) is 15.6 Å². The minimum absolute atomic E-state index is 0.788. The summed E-state index contributed by atoms with van der Waals surface area (Å²) in [5.41, 5.74) is 6.55. The molecular weight excluding hydrogens is 304 g/mol. The molecule has 2 nitrogen and oxygen atoms in total. The second-order valence-corrected chi connectivity index (χ2v) is 6.49. The Hall–Kier alpha value is -2.87. The average Bonchev–Trinajstić information content (AvgIpc) is 2.69. The number of rotatable bonds is 4. The molecule has 0 amide bonds. The first-order chi connectivity index (χ1) is 12.4. The van der Waals surface area contributed by atoms with Crippen molar-refractivity contribution in [2.24, 2.45) is 5.10 Å². The molecule has 0 unspecified atom stereocenters. The van der Waals surface area contributed by atoms with E-state index in [4.69, 9.17) is 5.10 Å². The molecule has 0 radical (unpaired) electrons. The van der Waals surface area contributed by atoms with Gasteiger partial charge in [0.05, 0.1) is 12.2 Å². The smallest absolute Gasteiger partial charge is 0.0666 e. The monoisotopic (exact) mass is 326 g/mol. The van der Waals surface area contributed by atoms with Gasteiger partial charge in [-0.15, -0.1) is 0 Å². The van der Waals surface area contributed by atoms with Crippen molar-refractivity contribution in [2.75, 3.05) is 5.01 Å². The van der Waals surface area contributed by atoms with Gasteiger partial charge in [-0.25, -0.2) is 0 Å². The third-order valence-corrected chi connectivity index (χ3v) is 4.69. The summed E-state index contributed by atoms with van der Waals surface area (Å²) in [6.45, 7) is 0.788. The molecule has 3 aromatic rings. The second kappa shape index (κ2) is 7.35. The van der Waals surface area contributed by atoms with Gasteiger partial charge in [0, 0.05) is 12.1 Å². The summed E-state index contributed by atoms with van der Waals surface area (Å²) in [4.78, 5) is 0. The van der Waals surface area contributed by atoms with Crippen LogP contribution in [0.1, 0.15) is 23.1 Å². The van der Waals surface area contributed by atoms with Crippen molar-refractivity contribution in [1.82, 2.24) is 0 Å². The van der Waals surface area contributed by atoms with E-state index in [0.717, 1.165) is 31.5 Å². The first kappa shape index (κ1) is 15.6. The molecule has 1 aliphatic carbocycles. The Morgan fingerprint density at radius 1 is 0.680 bits per heavy atom. The number of para-hydroxylation sites is 1. The van der Waals surface area contributed by atoms with Crippen LogP contribution in [0.25, 0.3) is 0 Å². The van der Waals surface area contributed by atoms with Crippen molar-refractivity contribution in [3.8, 4) is 0 Å². The number of fused-ring (bicyclic) bond motifs is 1. The average molecular weight is 326 g/mol. The fourth-order valence-corrected chi connectivity index (χ4v) is 3.36. The molecule has 0 aromatic heterocycles. The Morgan fingerprint density at radius 3 is 2.08 bits per heavy atom. The van der Waals surface area contributed by atoms with Crippen molar-refractivity contribution in [3.63, 3.8) is 0 Å². The van der Waals surface area contributed by atoms with Gasteiger partial charge in [0.15, 0.2) is 0 Å². The lowest BCUT2D eigenvalue weighted by Crippen LogP contribution is -2.22. The number of anilines is 1. The number of hydrogen-bond donors (Lipinski definition) is 0. The molecule has 0 saturated heterocycles.